The van der Waals surface area contributed by atoms with E-state index >= 15 is 0 Å². The van der Waals surface area contributed by atoms with Gasteiger partial charge in [0.15, 0.2) is 16.9 Å². The molecule has 0 spiro atoms. The van der Waals surface area contributed by atoms with Gasteiger partial charge in [-0.3, -0.25) is 9.59 Å². The van der Waals surface area contributed by atoms with E-state index in [9.17, 15) is 9.59 Å². The molecule has 0 radical (unpaired) electrons. The Morgan fingerprint density at radius 2 is 1.97 bits per heavy atom. The van der Waals surface area contributed by atoms with E-state index < -0.39 is 11.9 Å². The summed E-state index contributed by atoms with van der Waals surface area (Å²) in [6.07, 6.45) is 1.64. The molecule has 3 aromatic rings. The first-order chi connectivity index (χ1) is 13.9. The van der Waals surface area contributed by atoms with Gasteiger partial charge in [-0.1, -0.05) is 24.8 Å². The van der Waals surface area contributed by atoms with Crippen LogP contribution in [0.2, 0.25) is 0 Å². The van der Waals surface area contributed by atoms with Crippen molar-refractivity contribution in [1.29, 1.82) is 0 Å². The van der Waals surface area contributed by atoms with Crippen LogP contribution in [-0.2, 0) is 0 Å². The van der Waals surface area contributed by atoms with Crippen LogP contribution in [0.3, 0.4) is 0 Å². The molecule has 1 N–H and O–H groups in total. The van der Waals surface area contributed by atoms with E-state index in [1.165, 1.54) is 7.11 Å². The highest BCUT2D eigenvalue weighted by Gasteiger charge is 2.36. The Hall–Kier alpha value is -3.54. The number of methoxy groups -OCH3 is 1. The van der Waals surface area contributed by atoms with E-state index in [0.29, 0.717) is 40.2 Å². The fourth-order valence-electron chi connectivity index (χ4n) is 3.78. The van der Waals surface area contributed by atoms with E-state index in [0.717, 1.165) is 11.1 Å². The van der Waals surface area contributed by atoms with Crippen LogP contribution in [-0.4, -0.2) is 19.6 Å². The Bertz CT molecular complexity index is 1210. The number of benzene rings is 2. The van der Waals surface area contributed by atoms with Gasteiger partial charge in [-0.2, -0.15) is 0 Å². The van der Waals surface area contributed by atoms with Gasteiger partial charge in [-0.15, -0.1) is 0 Å². The number of ether oxygens (including phenoxy) is 2. The van der Waals surface area contributed by atoms with Gasteiger partial charge in [0.05, 0.1) is 24.1 Å². The predicted octanol–water partition coefficient (Wildman–Crippen LogP) is 3.82. The second-order valence-corrected chi connectivity index (χ2v) is 7.05. The SMILES string of the molecule is C=CCOc1ccc(C2NC(=O)c3oc4cc(C)cc(C)c4c(=O)c32)cc1OC. The van der Waals surface area contributed by atoms with Crippen molar-refractivity contribution in [2.24, 2.45) is 0 Å². The lowest BCUT2D eigenvalue weighted by Gasteiger charge is -2.15. The smallest absolute Gasteiger partial charge is 0.288 e. The first-order valence-corrected chi connectivity index (χ1v) is 9.25. The maximum absolute atomic E-state index is 13.3. The number of rotatable bonds is 5. The van der Waals surface area contributed by atoms with Crippen molar-refractivity contribution < 1.29 is 18.7 Å². The Balaban J connectivity index is 1.88. The molecule has 0 fully saturated rings. The average Bonchev–Trinajstić information content (AvgIpc) is 3.02. The first-order valence-electron chi connectivity index (χ1n) is 9.25. The topological polar surface area (TPSA) is 77.8 Å². The lowest BCUT2D eigenvalue weighted by Crippen LogP contribution is -2.22. The predicted molar refractivity (Wildman–Crippen MR) is 110 cm³/mol. The zero-order valence-electron chi connectivity index (χ0n) is 16.5. The molecule has 2 heterocycles. The van der Waals surface area contributed by atoms with Gasteiger partial charge in [0.2, 0.25) is 5.76 Å². The van der Waals surface area contributed by atoms with Crippen LogP contribution < -0.4 is 20.2 Å². The molecule has 1 aliphatic heterocycles. The summed E-state index contributed by atoms with van der Waals surface area (Å²) in [6.45, 7) is 7.76. The zero-order valence-corrected chi connectivity index (χ0v) is 16.5. The first kappa shape index (κ1) is 18.8. The summed E-state index contributed by atoms with van der Waals surface area (Å²) in [5.41, 5.74) is 3.03. The normalized spacial score (nSPS) is 15.1. The number of aryl methyl sites for hydroxylation is 2. The molecule has 1 atom stereocenters. The van der Waals surface area contributed by atoms with E-state index in [1.54, 1.807) is 30.3 Å². The maximum Gasteiger partial charge on any atom is 0.288 e. The fourth-order valence-corrected chi connectivity index (χ4v) is 3.78. The lowest BCUT2D eigenvalue weighted by molar-refractivity contribution is 0.0938. The highest BCUT2D eigenvalue weighted by Crippen LogP contribution is 2.36. The number of fused-ring (bicyclic) bond motifs is 2. The number of hydrogen-bond acceptors (Lipinski definition) is 5. The van der Waals surface area contributed by atoms with Crippen molar-refractivity contribution in [3.05, 3.63) is 81.2 Å². The number of nitrogens with one attached hydrogen (secondary N) is 1. The van der Waals surface area contributed by atoms with Gasteiger partial charge in [0.1, 0.15) is 12.2 Å². The summed E-state index contributed by atoms with van der Waals surface area (Å²) >= 11 is 0. The fraction of sp³-hybridized carbons (Fsp3) is 0.217. The number of hydrogen-bond donors (Lipinski definition) is 1. The molecule has 1 unspecified atom stereocenters. The molecule has 2 aromatic carbocycles. The summed E-state index contributed by atoms with van der Waals surface area (Å²) in [5, 5.41) is 3.35. The van der Waals surface area contributed by atoms with Crippen molar-refractivity contribution in [2.75, 3.05) is 13.7 Å². The third kappa shape index (κ3) is 3.06. The largest absolute Gasteiger partial charge is 0.493 e. The molecule has 1 aliphatic rings. The molecule has 0 bridgehead atoms. The van der Waals surface area contributed by atoms with Crippen LogP contribution in [0.1, 0.15) is 38.9 Å². The van der Waals surface area contributed by atoms with Crippen LogP contribution >= 0.6 is 0 Å². The Labute approximate surface area is 167 Å². The Morgan fingerprint density at radius 1 is 1.17 bits per heavy atom. The summed E-state index contributed by atoms with van der Waals surface area (Å²) < 4.78 is 16.9. The number of carbonyl (C=O) groups excluding carboxylic acids is 1. The third-order valence-corrected chi connectivity index (χ3v) is 5.02. The minimum absolute atomic E-state index is 0.0588. The Morgan fingerprint density at radius 3 is 2.69 bits per heavy atom. The van der Waals surface area contributed by atoms with Gasteiger partial charge < -0.3 is 19.2 Å². The molecule has 29 heavy (non-hydrogen) atoms. The maximum atomic E-state index is 13.3. The highest BCUT2D eigenvalue weighted by atomic mass is 16.5. The molecular formula is C23H21NO5. The van der Waals surface area contributed by atoms with E-state index in [1.807, 2.05) is 19.9 Å². The summed E-state index contributed by atoms with van der Waals surface area (Å²) in [5.74, 6) is 0.708. The molecule has 0 aliphatic carbocycles. The van der Waals surface area contributed by atoms with E-state index in [-0.39, 0.29) is 11.2 Å². The molecule has 1 aromatic heterocycles. The minimum Gasteiger partial charge on any atom is -0.493 e. The van der Waals surface area contributed by atoms with Crippen LogP contribution in [0.15, 0.2) is 52.2 Å². The molecule has 0 saturated carbocycles. The highest BCUT2D eigenvalue weighted by molar-refractivity contribution is 5.99. The van der Waals surface area contributed by atoms with Gasteiger partial charge in [0, 0.05) is 0 Å². The zero-order chi connectivity index (χ0) is 20.7. The lowest BCUT2D eigenvalue weighted by atomic mass is 9.97. The molecule has 4 rings (SSSR count). The van der Waals surface area contributed by atoms with Crippen molar-refractivity contribution >= 4 is 16.9 Å². The van der Waals surface area contributed by atoms with Gasteiger partial charge in [-0.25, -0.2) is 0 Å². The quantitative estimate of drug-likeness (QED) is 0.669. The van der Waals surface area contributed by atoms with E-state index in [4.69, 9.17) is 13.9 Å². The molecule has 0 saturated heterocycles. The summed E-state index contributed by atoms with van der Waals surface area (Å²) in [6, 6.07) is 8.38. The molecule has 1 amide bonds. The molecule has 6 heteroatoms. The van der Waals surface area contributed by atoms with Crippen molar-refractivity contribution in [1.82, 2.24) is 5.32 Å². The van der Waals surface area contributed by atoms with Gasteiger partial charge in [0.25, 0.3) is 5.91 Å². The second-order valence-electron chi connectivity index (χ2n) is 7.05. The minimum atomic E-state index is -0.624. The third-order valence-electron chi connectivity index (χ3n) is 5.02. The van der Waals surface area contributed by atoms with Crippen LogP contribution in [0, 0.1) is 13.8 Å². The van der Waals surface area contributed by atoms with Crippen molar-refractivity contribution in [2.45, 2.75) is 19.9 Å². The van der Waals surface area contributed by atoms with E-state index in [2.05, 4.69) is 11.9 Å². The standard InChI is InChI=1S/C23H21NO5/c1-5-8-28-15-7-6-14(11-16(15)27-4)20-19-21(25)18-13(3)9-12(2)10-17(18)29-22(19)23(26)24-20/h5-7,9-11,20H,1,8H2,2-4H3,(H,24,26). The Kier molecular flexibility index (Phi) is 4.62. The summed E-state index contributed by atoms with van der Waals surface area (Å²) in [7, 11) is 1.54. The average molecular weight is 391 g/mol. The number of carbonyl (C=O) groups is 1. The van der Waals surface area contributed by atoms with Crippen LogP contribution in [0.25, 0.3) is 11.0 Å². The monoisotopic (exact) mass is 391 g/mol. The number of amides is 1. The molecule has 148 valence electrons. The van der Waals surface area contributed by atoms with Gasteiger partial charge >= 0.3 is 0 Å². The van der Waals surface area contributed by atoms with Crippen molar-refractivity contribution in [3.8, 4) is 11.5 Å². The van der Waals surface area contributed by atoms with Crippen LogP contribution in [0.4, 0.5) is 0 Å². The molecule has 6 nitrogen and oxygen atoms in total. The van der Waals surface area contributed by atoms with Crippen molar-refractivity contribution in [3.63, 3.8) is 0 Å². The second kappa shape index (κ2) is 7.13. The van der Waals surface area contributed by atoms with Crippen LogP contribution in [0.5, 0.6) is 11.5 Å². The van der Waals surface area contributed by atoms with Gasteiger partial charge in [-0.05, 0) is 48.7 Å². The summed E-state index contributed by atoms with van der Waals surface area (Å²) in [4.78, 5) is 25.9. The molecular weight excluding hydrogens is 370 g/mol.